The third-order valence-corrected chi connectivity index (χ3v) is 1.15. The fraction of sp³-hybridized carbons (Fsp3) is 0.750. The first-order chi connectivity index (χ1) is 5.09. The summed E-state index contributed by atoms with van der Waals surface area (Å²) in [5, 5.41) is 0. The molecule has 0 heterocycles. The zero-order valence-corrected chi connectivity index (χ0v) is 7.97. The molecule has 0 spiro atoms. The minimum absolute atomic E-state index is 0.137. The number of carbonyl (C=O) groups excluding carboxylic acids is 2. The molecule has 0 rings (SSSR count). The largest absolute Gasteiger partial charge is 0.286 e. The van der Waals surface area contributed by atoms with Crippen LogP contribution in [0.2, 0.25) is 0 Å². The Kier molecular flexibility index (Phi) is 8.43. The van der Waals surface area contributed by atoms with Crippen molar-refractivity contribution < 1.29 is 9.59 Å². The average molecular weight is 159 g/mol. The number of nitrogens with zero attached hydrogens (tertiary/aromatic N) is 1. The van der Waals surface area contributed by atoms with Gasteiger partial charge in [-0.05, 0) is 0 Å². The molecular formula is C8H17NO2. The summed E-state index contributed by atoms with van der Waals surface area (Å²) in [6.07, 6.45) is 0.385. The smallest absolute Gasteiger partial charge is 0.228 e. The van der Waals surface area contributed by atoms with Gasteiger partial charge in [0, 0.05) is 20.4 Å². The van der Waals surface area contributed by atoms with Crippen LogP contribution in [0.1, 0.15) is 34.1 Å². The fourth-order valence-electron chi connectivity index (χ4n) is 0.413. The van der Waals surface area contributed by atoms with E-state index >= 15 is 0 Å². The summed E-state index contributed by atoms with van der Waals surface area (Å²) in [5.41, 5.74) is 0. The van der Waals surface area contributed by atoms with E-state index in [0.29, 0.717) is 6.42 Å². The maximum atomic E-state index is 10.7. The van der Waals surface area contributed by atoms with Gasteiger partial charge in [-0.25, -0.2) is 0 Å². The van der Waals surface area contributed by atoms with Crippen LogP contribution in [-0.4, -0.2) is 23.8 Å². The van der Waals surface area contributed by atoms with Crippen molar-refractivity contribution in [3.8, 4) is 0 Å². The second-order valence-corrected chi connectivity index (χ2v) is 1.83. The Morgan fingerprint density at radius 2 is 1.64 bits per heavy atom. The average Bonchev–Trinajstić information content (AvgIpc) is 2.05. The zero-order valence-electron chi connectivity index (χ0n) is 7.97. The minimum atomic E-state index is -0.207. The summed E-state index contributed by atoms with van der Waals surface area (Å²) in [4.78, 5) is 22.2. The van der Waals surface area contributed by atoms with Crippen LogP contribution in [0.15, 0.2) is 0 Å². The van der Waals surface area contributed by atoms with Gasteiger partial charge in [0.15, 0.2) is 0 Å². The van der Waals surface area contributed by atoms with E-state index in [0.717, 1.165) is 4.90 Å². The van der Waals surface area contributed by atoms with E-state index in [2.05, 4.69) is 0 Å². The van der Waals surface area contributed by atoms with Crippen molar-refractivity contribution in [2.75, 3.05) is 7.05 Å². The summed E-state index contributed by atoms with van der Waals surface area (Å²) >= 11 is 0. The summed E-state index contributed by atoms with van der Waals surface area (Å²) in [6, 6.07) is 0. The van der Waals surface area contributed by atoms with Gasteiger partial charge in [-0.2, -0.15) is 0 Å². The van der Waals surface area contributed by atoms with E-state index in [-0.39, 0.29) is 11.8 Å². The highest BCUT2D eigenvalue weighted by Crippen LogP contribution is 1.88. The molecule has 0 aliphatic carbocycles. The molecule has 0 aliphatic rings. The van der Waals surface area contributed by atoms with Gasteiger partial charge in [-0.3, -0.25) is 14.5 Å². The van der Waals surface area contributed by atoms with Gasteiger partial charge in [0.05, 0.1) is 0 Å². The van der Waals surface area contributed by atoms with Gasteiger partial charge in [-0.15, -0.1) is 0 Å². The molecule has 0 aromatic rings. The molecule has 0 aromatic carbocycles. The van der Waals surface area contributed by atoms with E-state index < -0.39 is 0 Å². The monoisotopic (exact) mass is 159 g/mol. The quantitative estimate of drug-likeness (QED) is 0.580. The lowest BCUT2D eigenvalue weighted by Crippen LogP contribution is -2.30. The Labute approximate surface area is 68.4 Å². The molecule has 11 heavy (non-hydrogen) atoms. The lowest BCUT2D eigenvalue weighted by molar-refractivity contribution is -0.141. The van der Waals surface area contributed by atoms with E-state index in [1.54, 1.807) is 6.92 Å². The molecule has 66 valence electrons. The number of rotatable bonds is 1. The van der Waals surface area contributed by atoms with E-state index in [1.807, 2.05) is 13.8 Å². The van der Waals surface area contributed by atoms with Gasteiger partial charge in [-0.1, -0.05) is 20.8 Å². The number of amides is 2. The Hall–Kier alpha value is -0.860. The Morgan fingerprint density at radius 3 is 1.73 bits per heavy atom. The number of hydrogen-bond donors (Lipinski definition) is 0. The zero-order chi connectivity index (χ0) is 9.44. The lowest BCUT2D eigenvalue weighted by Gasteiger charge is -2.09. The van der Waals surface area contributed by atoms with Crippen LogP contribution in [0.4, 0.5) is 0 Å². The molecule has 0 bridgehead atoms. The van der Waals surface area contributed by atoms with E-state index in [4.69, 9.17) is 0 Å². The van der Waals surface area contributed by atoms with Crippen molar-refractivity contribution in [3.63, 3.8) is 0 Å². The predicted molar refractivity (Wildman–Crippen MR) is 45.1 cm³/mol. The molecule has 0 saturated heterocycles. The van der Waals surface area contributed by atoms with Crippen LogP contribution in [0, 0.1) is 0 Å². The molecule has 0 radical (unpaired) electrons. The SMILES string of the molecule is CC.CCC(=O)N(C)C(C)=O. The Balaban J connectivity index is 0. The maximum Gasteiger partial charge on any atom is 0.228 e. The molecule has 0 aliphatic heterocycles. The first kappa shape index (κ1) is 12.8. The molecule has 0 saturated carbocycles. The minimum Gasteiger partial charge on any atom is -0.286 e. The molecule has 0 atom stereocenters. The van der Waals surface area contributed by atoms with Crippen molar-refractivity contribution in [1.29, 1.82) is 0 Å². The van der Waals surface area contributed by atoms with Crippen LogP contribution < -0.4 is 0 Å². The molecule has 2 amide bonds. The first-order valence-electron chi connectivity index (χ1n) is 3.86. The standard InChI is InChI=1S/C6H11NO2.C2H6/c1-4-6(9)7(3)5(2)8;1-2/h4H2,1-3H3;1-2H3. The van der Waals surface area contributed by atoms with Crippen LogP contribution in [0.3, 0.4) is 0 Å². The highest BCUT2D eigenvalue weighted by atomic mass is 16.2. The van der Waals surface area contributed by atoms with Crippen molar-refractivity contribution >= 4 is 11.8 Å². The van der Waals surface area contributed by atoms with Crippen molar-refractivity contribution in [1.82, 2.24) is 4.90 Å². The van der Waals surface area contributed by atoms with Crippen LogP contribution in [-0.2, 0) is 9.59 Å². The Bertz CT molecular complexity index is 132. The molecule has 0 unspecified atom stereocenters. The fourth-order valence-corrected chi connectivity index (χ4v) is 0.413. The third kappa shape index (κ3) is 5.58. The second kappa shape index (κ2) is 7.25. The van der Waals surface area contributed by atoms with Gasteiger partial charge in [0.1, 0.15) is 0 Å². The molecule has 0 fully saturated rings. The van der Waals surface area contributed by atoms with Crippen molar-refractivity contribution in [2.24, 2.45) is 0 Å². The Morgan fingerprint density at radius 1 is 1.27 bits per heavy atom. The van der Waals surface area contributed by atoms with Gasteiger partial charge in [0.2, 0.25) is 11.8 Å². The maximum absolute atomic E-state index is 10.7. The lowest BCUT2D eigenvalue weighted by atomic mass is 10.4. The molecule has 3 heteroatoms. The molecule has 0 aromatic heterocycles. The highest BCUT2D eigenvalue weighted by molar-refractivity contribution is 5.93. The number of imide groups is 1. The second-order valence-electron chi connectivity index (χ2n) is 1.83. The van der Waals surface area contributed by atoms with Gasteiger partial charge >= 0.3 is 0 Å². The van der Waals surface area contributed by atoms with E-state index in [1.165, 1.54) is 14.0 Å². The predicted octanol–water partition coefficient (Wildman–Crippen LogP) is 1.43. The highest BCUT2D eigenvalue weighted by Gasteiger charge is 2.08. The molecular weight excluding hydrogens is 142 g/mol. The van der Waals surface area contributed by atoms with E-state index in [9.17, 15) is 9.59 Å². The topological polar surface area (TPSA) is 37.4 Å². The number of hydrogen-bond acceptors (Lipinski definition) is 2. The summed E-state index contributed by atoms with van der Waals surface area (Å²) in [6.45, 7) is 7.09. The third-order valence-electron chi connectivity index (χ3n) is 1.15. The normalized spacial score (nSPS) is 7.73. The van der Waals surface area contributed by atoms with Crippen molar-refractivity contribution in [2.45, 2.75) is 34.1 Å². The summed E-state index contributed by atoms with van der Waals surface area (Å²) in [7, 11) is 1.48. The summed E-state index contributed by atoms with van der Waals surface area (Å²) < 4.78 is 0. The molecule has 3 nitrogen and oxygen atoms in total. The van der Waals surface area contributed by atoms with Crippen LogP contribution in [0.5, 0.6) is 0 Å². The molecule has 0 N–H and O–H groups in total. The number of carbonyl (C=O) groups is 2. The van der Waals surface area contributed by atoms with Gasteiger partial charge < -0.3 is 0 Å². The van der Waals surface area contributed by atoms with Gasteiger partial charge in [0.25, 0.3) is 0 Å². The summed E-state index contributed by atoms with van der Waals surface area (Å²) in [5.74, 6) is -0.343. The van der Waals surface area contributed by atoms with Crippen LogP contribution >= 0.6 is 0 Å². The first-order valence-corrected chi connectivity index (χ1v) is 3.86. The van der Waals surface area contributed by atoms with Crippen molar-refractivity contribution in [3.05, 3.63) is 0 Å². The van der Waals surface area contributed by atoms with Crippen LogP contribution in [0.25, 0.3) is 0 Å².